The van der Waals surface area contributed by atoms with E-state index in [1.807, 2.05) is 38.1 Å². The predicted molar refractivity (Wildman–Crippen MR) is 64.1 cm³/mol. The summed E-state index contributed by atoms with van der Waals surface area (Å²) >= 11 is 0. The van der Waals surface area contributed by atoms with Crippen LogP contribution in [0.4, 0.5) is 0 Å². The van der Waals surface area contributed by atoms with Crippen LogP contribution in [-0.2, 0) is 5.41 Å². The van der Waals surface area contributed by atoms with Gasteiger partial charge >= 0.3 is 0 Å². The second-order valence-corrected chi connectivity index (χ2v) is 4.24. The highest BCUT2D eigenvalue weighted by Crippen LogP contribution is 2.25. The number of aromatic nitrogens is 1. The van der Waals surface area contributed by atoms with Crippen LogP contribution in [0.1, 0.15) is 40.5 Å². The minimum Gasteiger partial charge on any atom is -0.440 e. The molecule has 0 saturated carbocycles. The number of benzene rings is 1. The highest BCUT2D eigenvalue weighted by Gasteiger charge is 2.20. The van der Waals surface area contributed by atoms with E-state index in [2.05, 4.69) is 25.8 Å². The number of nitrogens with zero attached hydrogens (tertiary/aromatic N) is 1. The highest BCUT2D eigenvalue weighted by atomic mass is 16.3. The summed E-state index contributed by atoms with van der Waals surface area (Å²) in [6, 6.07) is 7.84. The van der Waals surface area contributed by atoms with E-state index >= 15 is 0 Å². The number of para-hydroxylation sites is 2. The fourth-order valence-corrected chi connectivity index (χ4v) is 1.19. The van der Waals surface area contributed by atoms with Gasteiger partial charge in [-0.05, 0) is 12.1 Å². The zero-order valence-electron chi connectivity index (χ0n) is 10.2. The van der Waals surface area contributed by atoms with Crippen LogP contribution >= 0.6 is 0 Å². The Balaban J connectivity index is 0.000000531. The Labute approximate surface area is 91.3 Å². The summed E-state index contributed by atoms with van der Waals surface area (Å²) in [5.41, 5.74) is 1.79. The van der Waals surface area contributed by atoms with Gasteiger partial charge in [-0.3, -0.25) is 0 Å². The molecular formula is C13H19NO. The lowest BCUT2D eigenvalue weighted by atomic mass is 9.97. The predicted octanol–water partition coefficient (Wildman–Crippen LogP) is 4.15. The van der Waals surface area contributed by atoms with Crippen molar-refractivity contribution in [1.82, 2.24) is 4.98 Å². The zero-order chi connectivity index (χ0) is 11.5. The van der Waals surface area contributed by atoms with Gasteiger partial charge in [0.15, 0.2) is 5.58 Å². The van der Waals surface area contributed by atoms with Gasteiger partial charge < -0.3 is 4.42 Å². The van der Waals surface area contributed by atoms with Gasteiger partial charge in [-0.2, -0.15) is 0 Å². The average Bonchev–Trinajstić information content (AvgIpc) is 2.63. The third-order valence-corrected chi connectivity index (χ3v) is 1.94. The average molecular weight is 205 g/mol. The van der Waals surface area contributed by atoms with Gasteiger partial charge in [0.25, 0.3) is 0 Å². The third kappa shape index (κ3) is 2.58. The first-order valence-electron chi connectivity index (χ1n) is 5.43. The van der Waals surface area contributed by atoms with Gasteiger partial charge in [-0.25, -0.2) is 4.98 Å². The van der Waals surface area contributed by atoms with E-state index in [1.165, 1.54) is 0 Å². The van der Waals surface area contributed by atoms with E-state index in [-0.39, 0.29) is 5.41 Å². The second-order valence-electron chi connectivity index (χ2n) is 4.24. The SMILES string of the molecule is CC.CC(C)(C)c1nc2ccccc2o1. The molecule has 0 fully saturated rings. The summed E-state index contributed by atoms with van der Waals surface area (Å²) in [5.74, 6) is 0.800. The Kier molecular flexibility index (Phi) is 3.51. The van der Waals surface area contributed by atoms with Crippen molar-refractivity contribution in [3.63, 3.8) is 0 Å². The molecule has 2 rings (SSSR count). The Morgan fingerprint density at radius 3 is 2.20 bits per heavy atom. The summed E-state index contributed by atoms with van der Waals surface area (Å²) in [4.78, 5) is 4.42. The second kappa shape index (κ2) is 4.47. The monoisotopic (exact) mass is 205 g/mol. The maximum atomic E-state index is 5.62. The van der Waals surface area contributed by atoms with Gasteiger partial charge in [0, 0.05) is 5.41 Å². The first kappa shape index (κ1) is 11.8. The van der Waals surface area contributed by atoms with Crippen LogP contribution in [0.3, 0.4) is 0 Å². The van der Waals surface area contributed by atoms with E-state index in [0.29, 0.717) is 0 Å². The maximum Gasteiger partial charge on any atom is 0.200 e. The summed E-state index contributed by atoms with van der Waals surface area (Å²) in [7, 11) is 0. The molecule has 2 aromatic rings. The number of oxazole rings is 1. The zero-order valence-corrected chi connectivity index (χ0v) is 10.2. The molecule has 15 heavy (non-hydrogen) atoms. The number of hydrogen-bond donors (Lipinski definition) is 0. The van der Waals surface area contributed by atoms with Crippen LogP contribution in [0.15, 0.2) is 28.7 Å². The molecule has 0 amide bonds. The lowest BCUT2D eigenvalue weighted by molar-refractivity contribution is 0.411. The van der Waals surface area contributed by atoms with Crippen LogP contribution in [-0.4, -0.2) is 4.98 Å². The number of hydrogen-bond acceptors (Lipinski definition) is 2. The van der Waals surface area contributed by atoms with Crippen molar-refractivity contribution >= 4 is 11.1 Å². The van der Waals surface area contributed by atoms with Gasteiger partial charge in [-0.1, -0.05) is 46.8 Å². The third-order valence-electron chi connectivity index (χ3n) is 1.94. The van der Waals surface area contributed by atoms with Crippen molar-refractivity contribution in [1.29, 1.82) is 0 Å². The first-order valence-corrected chi connectivity index (χ1v) is 5.43. The number of rotatable bonds is 0. The molecule has 1 aromatic carbocycles. The van der Waals surface area contributed by atoms with Crippen molar-refractivity contribution in [3.05, 3.63) is 30.2 Å². The van der Waals surface area contributed by atoms with Crippen molar-refractivity contribution < 1.29 is 4.42 Å². The summed E-state index contributed by atoms with van der Waals surface area (Å²) < 4.78 is 5.62. The molecule has 0 aliphatic carbocycles. The topological polar surface area (TPSA) is 26.0 Å². The molecule has 0 aliphatic heterocycles. The molecule has 82 valence electrons. The molecule has 2 heteroatoms. The Morgan fingerprint density at radius 2 is 1.67 bits per heavy atom. The van der Waals surface area contributed by atoms with Crippen molar-refractivity contribution in [2.24, 2.45) is 0 Å². The normalized spacial score (nSPS) is 11.0. The first-order chi connectivity index (χ1) is 7.07. The summed E-state index contributed by atoms with van der Waals surface area (Å²) in [6.07, 6.45) is 0. The molecule has 1 aromatic heterocycles. The Morgan fingerprint density at radius 1 is 1.07 bits per heavy atom. The Hall–Kier alpha value is -1.31. The highest BCUT2D eigenvalue weighted by molar-refractivity contribution is 5.72. The van der Waals surface area contributed by atoms with Gasteiger partial charge in [0.05, 0.1) is 0 Å². The molecule has 0 spiro atoms. The molecule has 0 aliphatic rings. The molecule has 0 unspecified atom stereocenters. The smallest absolute Gasteiger partial charge is 0.200 e. The molecule has 0 saturated heterocycles. The van der Waals surface area contributed by atoms with Crippen LogP contribution in [0.5, 0.6) is 0 Å². The standard InChI is InChI=1S/C11H13NO.C2H6/c1-11(2,3)10-12-8-6-4-5-7-9(8)13-10;1-2/h4-7H,1-3H3;1-2H3. The summed E-state index contributed by atoms with van der Waals surface area (Å²) in [5, 5.41) is 0. The van der Waals surface area contributed by atoms with E-state index in [0.717, 1.165) is 17.0 Å². The van der Waals surface area contributed by atoms with Crippen LogP contribution in [0, 0.1) is 0 Å². The largest absolute Gasteiger partial charge is 0.440 e. The molecule has 1 heterocycles. The van der Waals surface area contributed by atoms with Crippen LogP contribution in [0.2, 0.25) is 0 Å². The van der Waals surface area contributed by atoms with Gasteiger partial charge in [-0.15, -0.1) is 0 Å². The van der Waals surface area contributed by atoms with Crippen molar-refractivity contribution in [2.45, 2.75) is 40.0 Å². The van der Waals surface area contributed by atoms with Crippen LogP contribution in [0.25, 0.3) is 11.1 Å². The fraction of sp³-hybridized carbons (Fsp3) is 0.462. The van der Waals surface area contributed by atoms with Crippen molar-refractivity contribution in [3.8, 4) is 0 Å². The molecule has 0 radical (unpaired) electrons. The van der Waals surface area contributed by atoms with E-state index < -0.39 is 0 Å². The van der Waals surface area contributed by atoms with Crippen molar-refractivity contribution in [2.75, 3.05) is 0 Å². The lowest BCUT2D eigenvalue weighted by Crippen LogP contribution is -2.10. The fourth-order valence-electron chi connectivity index (χ4n) is 1.19. The molecule has 0 N–H and O–H groups in total. The molecular weight excluding hydrogens is 186 g/mol. The molecule has 0 bridgehead atoms. The van der Waals surface area contributed by atoms with Crippen LogP contribution < -0.4 is 0 Å². The lowest BCUT2D eigenvalue weighted by Gasteiger charge is -2.11. The maximum absolute atomic E-state index is 5.62. The van der Waals surface area contributed by atoms with Gasteiger partial charge in [0.1, 0.15) is 5.52 Å². The quantitative estimate of drug-likeness (QED) is 0.645. The molecule has 2 nitrogen and oxygen atoms in total. The Bertz CT molecular complexity index is 390. The van der Waals surface area contributed by atoms with E-state index in [4.69, 9.17) is 4.42 Å². The number of fused-ring (bicyclic) bond motifs is 1. The summed E-state index contributed by atoms with van der Waals surface area (Å²) in [6.45, 7) is 10.3. The van der Waals surface area contributed by atoms with Gasteiger partial charge in [0.2, 0.25) is 5.89 Å². The van der Waals surface area contributed by atoms with E-state index in [9.17, 15) is 0 Å². The molecule has 0 atom stereocenters. The minimum absolute atomic E-state index is 0.0149. The van der Waals surface area contributed by atoms with E-state index in [1.54, 1.807) is 0 Å². The minimum atomic E-state index is -0.0149.